The molecular formula is C36H40F3N5O2. The Morgan fingerprint density at radius 2 is 1.96 bits per heavy atom. The maximum atomic E-state index is 17.1. The maximum absolute atomic E-state index is 17.1. The number of fused-ring (bicyclic) bond motifs is 4. The predicted octanol–water partition coefficient (Wildman–Crippen LogP) is 6.45. The van der Waals surface area contributed by atoms with Gasteiger partial charge < -0.3 is 20.1 Å². The molecule has 7 nitrogen and oxygen atoms in total. The number of aromatic nitrogens is 2. The van der Waals surface area contributed by atoms with Crippen LogP contribution >= 0.6 is 0 Å². The van der Waals surface area contributed by atoms with Gasteiger partial charge in [0.1, 0.15) is 35.7 Å². The van der Waals surface area contributed by atoms with E-state index in [9.17, 15) is 9.50 Å². The first-order valence-corrected chi connectivity index (χ1v) is 16.8. The highest BCUT2D eigenvalue weighted by molar-refractivity contribution is 6.04. The number of anilines is 1. The number of phenols is 1. The summed E-state index contributed by atoms with van der Waals surface area (Å²) >= 11 is 0. The molecule has 4 aliphatic rings. The fourth-order valence-electron chi connectivity index (χ4n) is 8.92. The van der Waals surface area contributed by atoms with Crippen molar-refractivity contribution in [2.75, 3.05) is 37.7 Å². The lowest BCUT2D eigenvalue weighted by molar-refractivity contribution is 0.107. The van der Waals surface area contributed by atoms with Crippen LogP contribution in [0.4, 0.5) is 19.0 Å². The van der Waals surface area contributed by atoms with Gasteiger partial charge in [-0.1, -0.05) is 19.9 Å². The van der Waals surface area contributed by atoms with Gasteiger partial charge in [-0.2, -0.15) is 9.97 Å². The number of aryl methyl sites for hydroxylation is 2. The first kappa shape index (κ1) is 29.8. The van der Waals surface area contributed by atoms with Crippen molar-refractivity contribution in [3.63, 3.8) is 0 Å². The highest BCUT2D eigenvalue weighted by Gasteiger charge is 2.49. The molecule has 10 heteroatoms. The van der Waals surface area contributed by atoms with E-state index in [4.69, 9.17) is 14.7 Å². The molecule has 3 fully saturated rings. The number of ether oxygens (including phenoxy) is 1. The number of aromatic hydroxyl groups is 1. The Morgan fingerprint density at radius 1 is 1.09 bits per heavy atom. The lowest BCUT2D eigenvalue weighted by Crippen LogP contribution is -2.58. The molecule has 46 heavy (non-hydrogen) atoms. The predicted molar refractivity (Wildman–Crippen MR) is 174 cm³/mol. The number of nitrogens with one attached hydrogen (secondary N) is 1. The Morgan fingerprint density at radius 3 is 2.78 bits per heavy atom. The lowest BCUT2D eigenvalue weighted by atomic mass is 9.90. The van der Waals surface area contributed by atoms with Crippen LogP contribution in [0.15, 0.2) is 30.3 Å². The number of hydrogen-bond acceptors (Lipinski definition) is 7. The van der Waals surface area contributed by atoms with Crippen molar-refractivity contribution >= 4 is 27.5 Å². The summed E-state index contributed by atoms with van der Waals surface area (Å²) in [5, 5.41) is 16.3. The van der Waals surface area contributed by atoms with Gasteiger partial charge in [-0.15, -0.1) is 0 Å². The number of rotatable bonds is 6. The molecule has 0 bridgehead atoms. The molecule has 1 aromatic heterocycles. The van der Waals surface area contributed by atoms with Crippen LogP contribution in [0, 0.1) is 11.6 Å². The highest BCUT2D eigenvalue weighted by atomic mass is 19.1. The molecule has 0 aliphatic carbocycles. The van der Waals surface area contributed by atoms with Gasteiger partial charge in [0.2, 0.25) is 0 Å². The summed E-state index contributed by atoms with van der Waals surface area (Å²) in [5.74, 6) is -0.277. The SMILES string of the molecule is CCc1c(F)ccc2cc(O)cc(-c3cc4c5c(nc(OC[C@@]67CCCN6C[C@H](F)C7)nc5c3F)N3CCN[C@@H](CC)[C@H]3CC4)c12. The smallest absolute Gasteiger partial charge is 0.319 e. The zero-order valence-electron chi connectivity index (χ0n) is 26.4. The number of halogens is 3. The van der Waals surface area contributed by atoms with Crippen molar-refractivity contribution < 1.29 is 23.0 Å². The van der Waals surface area contributed by atoms with Crippen LogP contribution in [0.2, 0.25) is 0 Å². The molecule has 2 N–H and O–H groups in total. The summed E-state index contributed by atoms with van der Waals surface area (Å²) in [7, 11) is 0. The molecule has 3 aromatic carbocycles. The fourth-order valence-corrected chi connectivity index (χ4v) is 8.92. The topological polar surface area (TPSA) is 73.8 Å². The summed E-state index contributed by atoms with van der Waals surface area (Å²) in [6.07, 6.45) is 4.22. The number of phenolic OH excluding ortho intramolecular Hbond substituents is 1. The van der Waals surface area contributed by atoms with Crippen molar-refractivity contribution in [1.82, 2.24) is 20.2 Å². The van der Waals surface area contributed by atoms with E-state index < -0.39 is 17.5 Å². The maximum Gasteiger partial charge on any atom is 0.319 e. The van der Waals surface area contributed by atoms with Gasteiger partial charge in [0.25, 0.3) is 0 Å². The van der Waals surface area contributed by atoms with E-state index >= 15 is 8.78 Å². The third-order valence-electron chi connectivity index (χ3n) is 11.0. The van der Waals surface area contributed by atoms with Crippen LogP contribution in [-0.2, 0) is 12.8 Å². The number of benzene rings is 3. The fraction of sp³-hybridized carbons (Fsp3) is 0.500. The average molecular weight is 632 g/mol. The van der Waals surface area contributed by atoms with E-state index in [0.717, 1.165) is 44.3 Å². The van der Waals surface area contributed by atoms with E-state index in [-0.39, 0.29) is 47.3 Å². The Balaban J connectivity index is 1.33. The van der Waals surface area contributed by atoms with Gasteiger partial charge in [0.05, 0.1) is 5.54 Å². The van der Waals surface area contributed by atoms with E-state index in [1.807, 2.05) is 13.0 Å². The third kappa shape index (κ3) is 4.62. The van der Waals surface area contributed by atoms with Crippen molar-refractivity contribution in [3.8, 4) is 22.9 Å². The Hall–Kier alpha value is -3.63. The summed E-state index contributed by atoms with van der Waals surface area (Å²) in [6.45, 7) is 7.03. The molecular weight excluding hydrogens is 591 g/mol. The minimum atomic E-state index is -0.892. The quantitative estimate of drug-likeness (QED) is 0.253. The molecule has 8 rings (SSSR count). The van der Waals surface area contributed by atoms with Crippen LogP contribution in [0.5, 0.6) is 11.8 Å². The standard InChI is InChI=1S/C36H40F3N5O2/c1-3-24-27(38)8-6-20-14-23(45)16-25(30(20)24)26-15-21-7-9-29-28(4-2)40-11-13-44(29)34-31(21)33(32(26)39)41-35(42-34)46-19-36-10-5-12-43(36)18-22(37)17-36/h6,8,14-16,22,28-29,40,45H,3-5,7,9-13,17-19H2,1-2H3/t22-,28+,29-,36+/m1/s1. The van der Waals surface area contributed by atoms with E-state index in [2.05, 4.69) is 22.0 Å². The monoisotopic (exact) mass is 631 g/mol. The summed E-state index contributed by atoms with van der Waals surface area (Å²) in [6, 6.07) is 8.47. The molecule has 0 unspecified atom stereocenters. The zero-order chi connectivity index (χ0) is 31.7. The highest BCUT2D eigenvalue weighted by Crippen LogP contribution is 2.45. The molecule has 242 valence electrons. The number of piperazine rings is 1. The van der Waals surface area contributed by atoms with E-state index in [0.29, 0.717) is 65.5 Å². The third-order valence-corrected chi connectivity index (χ3v) is 11.0. The largest absolute Gasteiger partial charge is 0.508 e. The Labute approximate surface area is 266 Å². The van der Waals surface area contributed by atoms with Crippen molar-refractivity contribution in [1.29, 1.82) is 0 Å². The number of hydrogen-bond donors (Lipinski definition) is 2. The molecule has 0 amide bonds. The first-order valence-electron chi connectivity index (χ1n) is 16.8. The van der Waals surface area contributed by atoms with Crippen LogP contribution < -0.4 is 15.0 Å². The summed E-state index contributed by atoms with van der Waals surface area (Å²) in [4.78, 5) is 14.2. The molecule has 0 radical (unpaired) electrons. The second-order valence-electron chi connectivity index (χ2n) is 13.6. The van der Waals surface area contributed by atoms with E-state index in [1.165, 1.54) is 12.1 Å². The molecule has 0 spiro atoms. The summed E-state index contributed by atoms with van der Waals surface area (Å²) in [5.41, 5.74) is 1.84. The normalized spacial score (nSPS) is 26.0. The van der Waals surface area contributed by atoms with E-state index in [1.54, 1.807) is 12.1 Å². The second-order valence-corrected chi connectivity index (χ2v) is 13.6. The molecule has 3 saturated heterocycles. The van der Waals surface area contributed by atoms with Crippen LogP contribution in [0.25, 0.3) is 32.8 Å². The van der Waals surface area contributed by atoms with Gasteiger partial charge >= 0.3 is 6.01 Å². The molecule has 0 saturated carbocycles. The average Bonchev–Trinajstić information content (AvgIpc) is 3.52. The molecule has 5 heterocycles. The Kier molecular flexibility index (Phi) is 7.28. The first-order chi connectivity index (χ1) is 22.3. The minimum absolute atomic E-state index is 0.0222. The van der Waals surface area contributed by atoms with Gasteiger partial charge in [0.15, 0.2) is 5.82 Å². The summed E-state index contributed by atoms with van der Waals surface area (Å²) < 4.78 is 53.2. The molecule has 4 atom stereocenters. The Bertz CT molecular complexity index is 1850. The number of nitrogens with zero attached hydrogens (tertiary/aromatic N) is 4. The molecule has 4 aliphatic heterocycles. The van der Waals surface area contributed by atoms with Gasteiger partial charge in [-0.25, -0.2) is 13.2 Å². The van der Waals surface area contributed by atoms with Gasteiger partial charge in [-0.3, -0.25) is 4.90 Å². The van der Waals surface area contributed by atoms with Crippen molar-refractivity contribution in [3.05, 3.63) is 53.1 Å². The second kappa shape index (κ2) is 11.3. The van der Waals surface area contributed by atoms with Crippen molar-refractivity contribution in [2.24, 2.45) is 0 Å². The number of alkyl halides is 1. The van der Waals surface area contributed by atoms with Crippen LogP contribution in [-0.4, -0.2) is 76.6 Å². The van der Waals surface area contributed by atoms with Crippen molar-refractivity contribution in [2.45, 2.75) is 82.6 Å². The van der Waals surface area contributed by atoms with Crippen LogP contribution in [0.3, 0.4) is 0 Å². The van der Waals surface area contributed by atoms with Gasteiger partial charge in [-0.05, 0) is 96.8 Å². The lowest BCUT2D eigenvalue weighted by Gasteiger charge is -2.42. The van der Waals surface area contributed by atoms with Crippen LogP contribution in [0.1, 0.15) is 57.1 Å². The van der Waals surface area contributed by atoms with Gasteiger partial charge in [0, 0.05) is 49.1 Å². The zero-order valence-corrected chi connectivity index (χ0v) is 26.4. The minimum Gasteiger partial charge on any atom is -0.508 e. The molecule has 4 aromatic rings.